The number of thiophene rings is 1. The molecule has 0 aliphatic rings. The molecule has 0 aromatic carbocycles. The summed E-state index contributed by atoms with van der Waals surface area (Å²) in [6.07, 6.45) is 0. The Morgan fingerprint density at radius 3 is 2.28 bits per heavy atom. The van der Waals surface area contributed by atoms with Crippen molar-refractivity contribution in [1.82, 2.24) is 0 Å². The van der Waals surface area contributed by atoms with Crippen LogP contribution in [0.25, 0.3) is 0 Å². The molecule has 96 valence electrons. The maximum atomic E-state index is 11.7. The van der Waals surface area contributed by atoms with Crippen LogP contribution in [-0.2, 0) is 6.54 Å². The van der Waals surface area contributed by atoms with Gasteiger partial charge in [-0.25, -0.2) is 5.32 Å². The van der Waals surface area contributed by atoms with Gasteiger partial charge in [-0.15, -0.1) is 0 Å². The van der Waals surface area contributed by atoms with Crippen molar-refractivity contribution in [2.45, 2.75) is 6.54 Å². The van der Waals surface area contributed by atoms with Gasteiger partial charge in [0.2, 0.25) is 5.82 Å². The Morgan fingerprint density at radius 2 is 1.78 bits per heavy atom. The topological polar surface area (TPSA) is 144 Å². The van der Waals surface area contributed by atoms with E-state index in [-0.39, 0.29) is 32.7 Å². The fourth-order valence-corrected chi connectivity index (χ4v) is 2.05. The highest BCUT2D eigenvalue weighted by Crippen LogP contribution is 2.16. The zero-order valence-electron chi connectivity index (χ0n) is 9.29. The molecule has 7 N–H and O–H groups in total. The zero-order chi connectivity index (χ0) is 13.3. The van der Waals surface area contributed by atoms with E-state index in [4.69, 9.17) is 17.2 Å². The molecule has 8 nitrogen and oxygen atoms in total. The van der Waals surface area contributed by atoms with Crippen molar-refractivity contribution in [3.63, 3.8) is 0 Å². The number of hydrogen-bond donors (Lipinski definition) is 4. The van der Waals surface area contributed by atoms with Gasteiger partial charge >= 0.3 is 11.8 Å². The summed E-state index contributed by atoms with van der Waals surface area (Å²) in [5.41, 5.74) is 17.1. The van der Waals surface area contributed by atoms with E-state index in [2.05, 4.69) is 5.32 Å². The SMILES string of the molecule is Nc1c(N)[n+]([O-])c(NCc2ccsc2)[n+]([O-])c1N. The van der Waals surface area contributed by atoms with Crippen molar-refractivity contribution in [2.75, 3.05) is 22.5 Å². The number of nitrogens with one attached hydrogen (secondary N) is 1. The molecule has 2 heterocycles. The van der Waals surface area contributed by atoms with Crippen molar-refractivity contribution >= 4 is 34.6 Å². The van der Waals surface area contributed by atoms with E-state index >= 15 is 0 Å². The molecule has 0 unspecified atom stereocenters. The third-order valence-electron chi connectivity index (χ3n) is 2.40. The molecule has 0 atom stereocenters. The van der Waals surface area contributed by atoms with Crippen LogP contribution in [0.4, 0.5) is 23.3 Å². The van der Waals surface area contributed by atoms with Crippen LogP contribution in [0.3, 0.4) is 0 Å². The number of nitrogens with zero attached hydrogens (tertiary/aromatic N) is 2. The Hall–Kier alpha value is -2.42. The van der Waals surface area contributed by atoms with E-state index in [9.17, 15) is 10.4 Å². The molecule has 2 aromatic heterocycles. The van der Waals surface area contributed by atoms with Gasteiger partial charge in [0.05, 0.1) is 0 Å². The fraction of sp³-hybridized carbons (Fsp3) is 0.111. The van der Waals surface area contributed by atoms with E-state index in [1.807, 2.05) is 16.8 Å². The minimum absolute atomic E-state index is 0.221. The minimum Gasteiger partial charge on any atom is -0.706 e. The number of rotatable bonds is 3. The predicted molar refractivity (Wildman–Crippen MR) is 69.2 cm³/mol. The quantitative estimate of drug-likeness (QED) is 0.431. The molecule has 0 spiro atoms. The maximum absolute atomic E-state index is 11.7. The maximum Gasteiger partial charge on any atom is 0.454 e. The molecule has 2 aromatic rings. The smallest absolute Gasteiger partial charge is 0.454 e. The van der Waals surface area contributed by atoms with Gasteiger partial charge in [-0.05, 0) is 16.8 Å². The number of aromatic nitrogens is 2. The molecule has 9 heteroatoms. The van der Waals surface area contributed by atoms with Crippen LogP contribution in [0.2, 0.25) is 0 Å². The molecular weight excluding hydrogens is 256 g/mol. The molecule has 0 saturated carbocycles. The van der Waals surface area contributed by atoms with Gasteiger partial charge < -0.3 is 21.9 Å². The number of anilines is 4. The van der Waals surface area contributed by atoms with Crippen molar-refractivity contribution in [1.29, 1.82) is 0 Å². The van der Waals surface area contributed by atoms with Crippen LogP contribution in [0.5, 0.6) is 0 Å². The largest absolute Gasteiger partial charge is 0.706 e. The third-order valence-corrected chi connectivity index (χ3v) is 3.14. The normalized spacial score (nSPS) is 10.4. The van der Waals surface area contributed by atoms with E-state index < -0.39 is 0 Å². The number of hydrogen-bond acceptors (Lipinski definition) is 7. The van der Waals surface area contributed by atoms with Crippen LogP contribution < -0.4 is 32.0 Å². The van der Waals surface area contributed by atoms with Crippen molar-refractivity contribution in [3.05, 3.63) is 32.8 Å². The Morgan fingerprint density at radius 1 is 1.17 bits per heavy atom. The lowest BCUT2D eigenvalue weighted by Gasteiger charge is -2.16. The number of nitrogen functional groups attached to an aromatic ring is 3. The fourth-order valence-electron chi connectivity index (χ4n) is 1.38. The summed E-state index contributed by atoms with van der Waals surface area (Å²) in [5.74, 6) is -0.898. The highest BCUT2D eigenvalue weighted by molar-refractivity contribution is 7.07. The minimum atomic E-state index is -0.301. The van der Waals surface area contributed by atoms with Gasteiger partial charge in [0, 0.05) is 5.56 Å². The van der Waals surface area contributed by atoms with E-state index in [1.165, 1.54) is 11.3 Å². The van der Waals surface area contributed by atoms with E-state index in [0.717, 1.165) is 5.56 Å². The molecule has 0 bridgehead atoms. The average Bonchev–Trinajstić information content (AvgIpc) is 2.87. The molecule has 0 saturated heterocycles. The summed E-state index contributed by atoms with van der Waals surface area (Å²) in [7, 11) is 0. The lowest BCUT2D eigenvalue weighted by Crippen LogP contribution is -2.49. The first-order valence-electron chi connectivity index (χ1n) is 4.96. The molecule has 0 fully saturated rings. The summed E-state index contributed by atoms with van der Waals surface area (Å²) in [6.45, 7) is 0.316. The van der Waals surface area contributed by atoms with Gasteiger partial charge in [0.25, 0.3) is 0 Å². The van der Waals surface area contributed by atoms with Crippen LogP contribution in [-0.4, -0.2) is 0 Å². The second-order valence-corrected chi connectivity index (χ2v) is 4.36. The van der Waals surface area contributed by atoms with Gasteiger partial charge in [-0.2, -0.15) is 20.8 Å². The van der Waals surface area contributed by atoms with Crippen LogP contribution in [0.15, 0.2) is 16.8 Å². The van der Waals surface area contributed by atoms with Crippen molar-refractivity contribution in [3.8, 4) is 0 Å². The Bertz CT molecular complexity index is 542. The summed E-state index contributed by atoms with van der Waals surface area (Å²) in [5, 5.41) is 29.9. The summed E-state index contributed by atoms with van der Waals surface area (Å²) >= 11 is 1.51. The zero-order valence-corrected chi connectivity index (χ0v) is 10.1. The lowest BCUT2D eigenvalue weighted by molar-refractivity contribution is -0.702. The molecule has 0 aliphatic heterocycles. The Labute approximate surface area is 106 Å². The van der Waals surface area contributed by atoms with E-state index in [0.29, 0.717) is 6.54 Å². The van der Waals surface area contributed by atoms with Gasteiger partial charge in [0.15, 0.2) is 5.69 Å². The van der Waals surface area contributed by atoms with Gasteiger partial charge in [-0.1, -0.05) is 0 Å². The third kappa shape index (κ3) is 1.91. The number of nitrogens with two attached hydrogens (primary N) is 3. The first-order valence-corrected chi connectivity index (χ1v) is 5.91. The first kappa shape index (κ1) is 12.0. The summed E-state index contributed by atoms with van der Waals surface area (Å²) in [6, 6.07) is 1.87. The molecule has 0 amide bonds. The highest BCUT2D eigenvalue weighted by Gasteiger charge is 2.22. The van der Waals surface area contributed by atoms with Crippen molar-refractivity contribution < 1.29 is 9.46 Å². The average molecular weight is 268 g/mol. The monoisotopic (exact) mass is 268 g/mol. The second kappa shape index (κ2) is 4.45. The summed E-state index contributed by atoms with van der Waals surface area (Å²) < 4.78 is 0.454. The lowest BCUT2D eigenvalue weighted by atomic mass is 10.3. The van der Waals surface area contributed by atoms with Crippen LogP contribution in [0.1, 0.15) is 5.56 Å². The molecule has 0 aliphatic carbocycles. The van der Waals surface area contributed by atoms with Crippen LogP contribution in [0, 0.1) is 10.4 Å². The molecule has 0 radical (unpaired) electrons. The first-order chi connectivity index (χ1) is 8.52. The van der Waals surface area contributed by atoms with Crippen molar-refractivity contribution in [2.24, 2.45) is 0 Å². The molecule has 2 rings (SSSR count). The van der Waals surface area contributed by atoms with Crippen LogP contribution >= 0.6 is 11.3 Å². The van der Waals surface area contributed by atoms with Gasteiger partial charge in [0.1, 0.15) is 6.54 Å². The summed E-state index contributed by atoms with van der Waals surface area (Å²) in [4.78, 5) is 0. The predicted octanol–water partition coefficient (Wildman–Crippen LogP) is -0.626. The molecular formula is C9H12N6O2S. The Balaban J connectivity index is 2.33. The standard InChI is InChI=1S/C9H12N6O2S/c10-6-7(11)14(16)9(15(17)8(6)12)13-3-5-1-2-18-4-5/h1-2,4,13H,3,10-12H2. The Kier molecular flexibility index (Phi) is 2.98. The highest BCUT2D eigenvalue weighted by atomic mass is 32.1. The molecule has 18 heavy (non-hydrogen) atoms. The van der Waals surface area contributed by atoms with E-state index in [1.54, 1.807) is 0 Å². The second-order valence-electron chi connectivity index (χ2n) is 3.58. The van der Waals surface area contributed by atoms with Gasteiger partial charge in [-0.3, -0.25) is 5.73 Å².